The molecule has 0 bridgehead atoms. The fourth-order valence-electron chi connectivity index (χ4n) is 2.00. The van der Waals surface area contributed by atoms with Crippen LogP contribution in [-0.2, 0) is 11.3 Å². The third kappa shape index (κ3) is 3.61. The Morgan fingerprint density at radius 1 is 1.35 bits per heavy atom. The molecule has 106 valence electrons. The molecular weight excluding hydrogens is 268 g/mol. The highest BCUT2D eigenvalue weighted by Gasteiger charge is 2.10. The van der Waals surface area contributed by atoms with Crippen molar-refractivity contribution in [1.82, 2.24) is 4.90 Å². The standard InChI is InChI=1S/C16H20N2OS/c1-12(15-8-9-20-11-15)17-16-7-5-4-6-14(16)10-18(3)13(2)19/h4-9,11-12,17H,10H2,1-3H3. The Kier molecular flexibility index (Phi) is 4.79. The number of benzene rings is 1. The first-order valence-corrected chi connectivity index (χ1v) is 7.60. The molecule has 0 aliphatic rings. The summed E-state index contributed by atoms with van der Waals surface area (Å²) in [5, 5.41) is 7.77. The Morgan fingerprint density at radius 3 is 2.75 bits per heavy atom. The van der Waals surface area contributed by atoms with Gasteiger partial charge in [0.05, 0.1) is 0 Å². The minimum Gasteiger partial charge on any atom is -0.378 e. The molecule has 1 N–H and O–H groups in total. The highest BCUT2D eigenvalue weighted by atomic mass is 32.1. The minimum absolute atomic E-state index is 0.0747. The Labute approximate surface area is 124 Å². The number of thiophene rings is 1. The van der Waals surface area contributed by atoms with Crippen LogP contribution in [0.3, 0.4) is 0 Å². The quantitative estimate of drug-likeness (QED) is 0.905. The van der Waals surface area contributed by atoms with Crippen LogP contribution in [-0.4, -0.2) is 17.9 Å². The first-order valence-electron chi connectivity index (χ1n) is 6.66. The molecule has 2 rings (SSSR count). The van der Waals surface area contributed by atoms with Crippen molar-refractivity contribution in [3.8, 4) is 0 Å². The van der Waals surface area contributed by atoms with Crippen molar-refractivity contribution in [2.24, 2.45) is 0 Å². The van der Waals surface area contributed by atoms with Gasteiger partial charge >= 0.3 is 0 Å². The van der Waals surface area contributed by atoms with E-state index in [9.17, 15) is 4.79 Å². The Morgan fingerprint density at radius 2 is 2.10 bits per heavy atom. The van der Waals surface area contributed by atoms with Gasteiger partial charge < -0.3 is 10.2 Å². The molecule has 20 heavy (non-hydrogen) atoms. The van der Waals surface area contributed by atoms with Gasteiger partial charge in [0.2, 0.25) is 5.91 Å². The number of rotatable bonds is 5. The van der Waals surface area contributed by atoms with E-state index in [0.717, 1.165) is 11.3 Å². The number of nitrogens with zero attached hydrogens (tertiary/aromatic N) is 1. The summed E-state index contributed by atoms with van der Waals surface area (Å²) in [7, 11) is 1.82. The van der Waals surface area contributed by atoms with Gasteiger partial charge in [0.15, 0.2) is 0 Å². The number of para-hydroxylation sites is 1. The first-order chi connectivity index (χ1) is 9.58. The molecule has 1 amide bonds. The largest absolute Gasteiger partial charge is 0.378 e. The molecule has 3 nitrogen and oxygen atoms in total. The van der Waals surface area contributed by atoms with Crippen LogP contribution in [0.1, 0.15) is 31.0 Å². The van der Waals surface area contributed by atoms with Crippen molar-refractivity contribution in [3.05, 3.63) is 52.2 Å². The van der Waals surface area contributed by atoms with Crippen LogP contribution in [0, 0.1) is 0 Å². The SMILES string of the molecule is CC(=O)N(C)Cc1ccccc1NC(C)c1ccsc1. The van der Waals surface area contributed by atoms with Gasteiger partial charge in [0.1, 0.15) is 0 Å². The predicted molar refractivity (Wildman–Crippen MR) is 84.9 cm³/mol. The number of hydrogen-bond donors (Lipinski definition) is 1. The van der Waals surface area contributed by atoms with Crippen molar-refractivity contribution in [2.45, 2.75) is 26.4 Å². The van der Waals surface area contributed by atoms with Crippen LogP contribution in [0.25, 0.3) is 0 Å². The smallest absolute Gasteiger partial charge is 0.219 e. The maximum Gasteiger partial charge on any atom is 0.219 e. The van der Waals surface area contributed by atoms with E-state index in [1.54, 1.807) is 23.2 Å². The molecular formula is C16H20N2OS. The predicted octanol–water partition coefficient (Wildman–Crippen LogP) is 3.90. The molecule has 4 heteroatoms. The maximum atomic E-state index is 11.4. The van der Waals surface area contributed by atoms with Crippen LogP contribution in [0.15, 0.2) is 41.1 Å². The molecule has 0 saturated carbocycles. The van der Waals surface area contributed by atoms with Crippen molar-refractivity contribution in [3.63, 3.8) is 0 Å². The summed E-state index contributed by atoms with van der Waals surface area (Å²) in [6.45, 7) is 4.35. The van der Waals surface area contributed by atoms with E-state index in [4.69, 9.17) is 0 Å². The highest BCUT2D eigenvalue weighted by Crippen LogP contribution is 2.24. The van der Waals surface area contributed by atoms with Crippen molar-refractivity contribution >= 4 is 22.9 Å². The molecule has 1 aromatic carbocycles. The van der Waals surface area contributed by atoms with Gasteiger partial charge in [-0.05, 0) is 40.9 Å². The second kappa shape index (κ2) is 6.57. The van der Waals surface area contributed by atoms with E-state index in [2.05, 4.69) is 41.2 Å². The maximum absolute atomic E-state index is 11.4. The average Bonchev–Trinajstić information content (AvgIpc) is 2.94. The lowest BCUT2D eigenvalue weighted by atomic mass is 10.1. The summed E-state index contributed by atoms with van der Waals surface area (Å²) in [6.07, 6.45) is 0. The molecule has 0 spiro atoms. The van der Waals surface area contributed by atoms with Gasteiger partial charge in [-0.2, -0.15) is 11.3 Å². The number of carbonyl (C=O) groups excluding carboxylic acids is 1. The molecule has 0 fully saturated rings. The van der Waals surface area contributed by atoms with E-state index in [-0.39, 0.29) is 11.9 Å². The van der Waals surface area contributed by atoms with E-state index in [1.165, 1.54) is 5.56 Å². The molecule has 1 unspecified atom stereocenters. The van der Waals surface area contributed by atoms with E-state index >= 15 is 0 Å². The van der Waals surface area contributed by atoms with Gasteiger partial charge in [-0.25, -0.2) is 0 Å². The first kappa shape index (κ1) is 14.6. The highest BCUT2D eigenvalue weighted by molar-refractivity contribution is 7.07. The van der Waals surface area contributed by atoms with E-state index in [0.29, 0.717) is 6.54 Å². The molecule has 0 aliphatic carbocycles. The minimum atomic E-state index is 0.0747. The average molecular weight is 288 g/mol. The molecule has 1 heterocycles. The molecule has 1 atom stereocenters. The van der Waals surface area contributed by atoms with Gasteiger partial charge in [-0.1, -0.05) is 18.2 Å². The Balaban J connectivity index is 2.13. The van der Waals surface area contributed by atoms with Gasteiger partial charge in [0, 0.05) is 32.2 Å². The lowest BCUT2D eigenvalue weighted by Gasteiger charge is -2.21. The monoisotopic (exact) mass is 288 g/mol. The molecule has 2 aromatic rings. The van der Waals surface area contributed by atoms with Crippen LogP contribution in [0.4, 0.5) is 5.69 Å². The lowest BCUT2D eigenvalue weighted by molar-refractivity contribution is -0.128. The van der Waals surface area contributed by atoms with Crippen LogP contribution >= 0.6 is 11.3 Å². The topological polar surface area (TPSA) is 32.3 Å². The summed E-state index contributed by atoms with van der Waals surface area (Å²) in [5.41, 5.74) is 3.50. The van der Waals surface area contributed by atoms with Crippen molar-refractivity contribution in [1.29, 1.82) is 0 Å². The zero-order chi connectivity index (χ0) is 14.5. The third-order valence-electron chi connectivity index (χ3n) is 3.38. The van der Waals surface area contributed by atoms with Gasteiger partial charge in [-0.15, -0.1) is 0 Å². The van der Waals surface area contributed by atoms with Crippen molar-refractivity contribution in [2.75, 3.05) is 12.4 Å². The second-order valence-electron chi connectivity index (χ2n) is 4.95. The van der Waals surface area contributed by atoms with E-state index < -0.39 is 0 Å². The third-order valence-corrected chi connectivity index (χ3v) is 4.08. The summed E-state index contributed by atoms with van der Waals surface area (Å²) in [4.78, 5) is 13.1. The Hall–Kier alpha value is -1.81. The molecule has 0 aliphatic heterocycles. The molecule has 0 saturated heterocycles. The van der Waals surface area contributed by atoms with Crippen molar-refractivity contribution < 1.29 is 4.79 Å². The van der Waals surface area contributed by atoms with Crippen LogP contribution in [0.2, 0.25) is 0 Å². The summed E-state index contributed by atoms with van der Waals surface area (Å²) >= 11 is 1.70. The molecule has 1 aromatic heterocycles. The fourth-order valence-corrected chi connectivity index (χ4v) is 2.76. The normalized spacial score (nSPS) is 11.9. The summed E-state index contributed by atoms with van der Waals surface area (Å²) in [5.74, 6) is 0.0747. The van der Waals surface area contributed by atoms with Crippen LogP contribution < -0.4 is 5.32 Å². The number of hydrogen-bond acceptors (Lipinski definition) is 3. The van der Waals surface area contributed by atoms with Gasteiger partial charge in [-0.3, -0.25) is 4.79 Å². The zero-order valence-electron chi connectivity index (χ0n) is 12.1. The zero-order valence-corrected chi connectivity index (χ0v) is 12.9. The Bertz CT molecular complexity index is 566. The lowest BCUT2D eigenvalue weighted by Crippen LogP contribution is -2.23. The number of nitrogens with one attached hydrogen (secondary N) is 1. The fraction of sp³-hybridized carbons (Fsp3) is 0.312. The van der Waals surface area contributed by atoms with E-state index in [1.807, 2.05) is 19.2 Å². The number of anilines is 1. The van der Waals surface area contributed by atoms with Crippen LogP contribution in [0.5, 0.6) is 0 Å². The molecule has 0 radical (unpaired) electrons. The second-order valence-corrected chi connectivity index (χ2v) is 5.73. The number of carbonyl (C=O) groups is 1. The summed E-state index contributed by atoms with van der Waals surface area (Å²) < 4.78 is 0. The van der Waals surface area contributed by atoms with Gasteiger partial charge in [0.25, 0.3) is 0 Å². The summed E-state index contributed by atoms with van der Waals surface area (Å²) in [6, 6.07) is 10.5. The number of amides is 1.